The van der Waals surface area contributed by atoms with Crippen LogP contribution in [0.4, 0.5) is 4.39 Å². The van der Waals surface area contributed by atoms with Gasteiger partial charge in [0.05, 0.1) is 24.8 Å². The molecule has 5 nitrogen and oxygen atoms in total. The van der Waals surface area contributed by atoms with Crippen LogP contribution in [0.15, 0.2) is 29.3 Å². The highest BCUT2D eigenvalue weighted by atomic mass is 19.1. The molecule has 2 aliphatic rings. The van der Waals surface area contributed by atoms with Gasteiger partial charge in [-0.15, -0.1) is 0 Å². The van der Waals surface area contributed by atoms with Gasteiger partial charge in [-0.3, -0.25) is 0 Å². The number of rotatable bonds is 6. The zero-order valence-electron chi connectivity index (χ0n) is 14.3. The van der Waals surface area contributed by atoms with E-state index in [4.69, 9.17) is 9.47 Å². The third kappa shape index (κ3) is 4.38. The summed E-state index contributed by atoms with van der Waals surface area (Å²) in [5.41, 5.74) is 0. The van der Waals surface area contributed by atoms with Crippen LogP contribution in [-0.2, 0) is 4.74 Å². The van der Waals surface area contributed by atoms with Gasteiger partial charge in [0.25, 0.3) is 0 Å². The fourth-order valence-corrected chi connectivity index (χ4v) is 3.29. The number of fused-ring (bicyclic) bond motifs is 2. The molecular weight excluding hydrogens is 309 g/mol. The van der Waals surface area contributed by atoms with E-state index < -0.39 is 0 Å². The predicted octanol–water partition coefficient (Wildman–Crippen LogP) is 2.47. The lowest BCUT2D eigenvalue weighted by molar-refractivity contribution is 0.0992. The Morgan fingerprint density at radius 2 is 2.17 bits per heavy atom. The third-order valence-electron chi connectivity index (χ3n) is 4.43. The lowest BCUT2D eigenvalue weighted by Crippen LogP contribution is -2.47. The van der Waals surface area contributed by atoms with Crippen LogP contribution in [0, 0.1) is 5.82 Å². The number of hydrogen-bond acceptors (Lipinski definition) is 3. The largest absolute Gasteiger partial charge is 0.489 e. The van der Waals surface area contributed by atoms with Crippen molar-refractivity contribution in [1.82, 2.24) is 10.6 Å². The SMILES string of the molecule is CCNC(=NCC(C)Oc1ccc(F)cc1)NC1CC2CCC1O2. The second-order valence-corrected chi connectivity index (χ2v) is 6.46. The van der Waals surface area contributed by atoms with Gasteiger partial charge in [0.15, 0.2) is 5.96 Å². The molecule has 0 saturated carbocycles. The molecule has 1 aromatic rings. The van der Waals surface area contributed by atoms with Crippen LogP contribution in [0.25, 0.3) is 0 Å². The summed E-state index contributed by atoms with van der Waals surface area (Å²) in [5, 5.41) is 6.76. The molecule has 6 heteroatoms. The molecule has 2 fully saturated rings. The van der Waals surface area contributed by atoms with E-state index in [1.54, 1.807) is 12.1 Å². The average Bonchev–Trinajstić information content (AvgIpc) is 3.18. The molecule has 0 spiro atoms. The van der Waals surface area contributed by atoms with E-state index in [1.807, 2.05) is 13.8 Å². The minimum atomic E-state index is -0.264. The Morgan fingerprint density at radius 1 is 1.38 bits per heavy atom. The van der Waals surface area contributed by atoms with Crippen LogP contribution in [-0.4, -0.2) is 43.4 Å². The normalized spacial score (nSPS) is 27.1. The van der Waals surface area contributed by atoms with Crippen molar-refractivity contribution in [3.05, 3.63) is 30.1 Å². The fraction of sp³-hybridized carbons (Fsp3) is 0.611. The Morgan fingerprint density at radius 3 is 2.79 bits per heavy atom. The van der Waals surface area contributed by atoms with Crippen molar-refractivity contribution >= 4 is 5.96 Å². The van der Waals surface area contributed by atoms with Gasteiger partial charge in [-0.25, -0.2) is 9.38 Å². The summed E-state index contributed by atoms with van der Waals surface area (Å²) in [4.78, 5) is 4.61. The maximum absolute atomic E-state index is 12.9. The average molecular weight is 335 g/mol. The smallest absolute Gasteiger partial charge is 0.191 e. The van der Waals surface area contributed by atoms with E-state index in [-0.39, 0.29) is 11.9 Å². The number of nitrogens with one attached hydrogen (secondary N) is 2. The highest BCUT2D eigenvalue weighted by Crippen LogP contribution is 2.34. The lowest BCUT2D eigenvalue weighted by Gasteiger charge is -2.23. The first-order valence-corrected chi connectivity index (χ1v) is 8.76. The maximum atomic E-state index is 12.9. The summed E-state index contributed by atoms with van der Waals surface area (Å²) >= 11 is 0. The first-order valence-electron chi connectivity index (χ1n) is 8.76. The molecule has 0 radical (unpaired) electrons. The summed E-state index contributed by atoms with van der Waals surface area (Å²) in [6, 6.07) is 6.39. The third-order valence-corrected chi connectivity index (χ3v) is 4.43. The molecule has 4 unspecified atom stereocenters. The number of benzene rings is 1. The Hall–Kier alpha value is -1.82. The van der Waals surface area contributed by atoms with Crippen LogP contribution in [0.2, 0.25) is 0 Å². The molecule has 2 heterocycles. The van der Waals surface area contributed by atoms with Gasteiger partial charge >= 0.3 is 0 Å². The molecular formula is C18H26FN3O2. The first kappa shape index (κ1) is 17.0. The fourth-order valence-electron chi connectivity index (χ4n) is 3.29. The Labute approximate surface area is 142 Å². The van der Waals surface area contributed by atoms with E-state index in [2.05, 4.69) is 15.6 Å². The number of halogens is 1. The van der Waals surface area contributed by atoms with Crippen molar-refractivity contribution in [2.45, 2.75) is 57.5 Å². The minimum absolute atomic E-state index is 0.0952. The Bertz CT molecular complexity index is 564. The molecule has 2 saturated heterocycles. The Balaban J connectivity index is 1.51. The van der Waals surface area contributed by atoms with Crippen molar-refractivity contribution in [2.24, 2.45) is 4.99 Å². The quantitative estimate of drug-likeness (QED) is 0.619. The van der Waals surface area contributed by atoms with Crippen LogP contribution in [0.3, 0.4) is 0 Å². The maximum Gasteiger partial charge on any atom is 0.191 e. The van der Waals surface area contributed by atoms with E-state index in [9.17, 15) is 4.39 Å². The number of ether oxygens (including phenoxy) is 2. The molecule has 24 heavy (non-hydrogen) atoms. The predicted molar refractivity (Wildman–Crippen MR) is 91.9 cm³/mol. The molecule has 3 rings (SSSR count). The van der Waals surface area contributed by atoms with Gasteiger partial charge in [0, 0.05) is 6.54 Å². The molecule has 0 aliphatic carbocycles. The second-order valence-electron chi connectivity index (χ2n) is 6.46. The molecule has 2 bridgehead atoms. The van der Waals surface area contributed by atoms with Crippen LogP contribution < -0.4 is 15.4 Å². The monoisotopic (exact) mass is 335 g/mol. The number of aliphatic imine (C=N–C) groups is 1. The summed E-state index contributed by atoms with van der Waals surface area (Å²) in [6.07, 6.45) is 3.99. The van der Waals surface area contributed by atoms with Crippen molar-refractivity contribution in [3.8, 4) is 5.75 Å². The summed E-state index contributed by atoms with van der Waals surface area (Å²) in [5.74, 6) is 1.19. The van der Waals surface area contributed by atoms with Crippen molar-refractivity contribution in [3.63, 3.8) is 0 Å². The second kappa shape index (κ2) is 7.83. The molecule has 1 aromatic carbocycles. The lowest BCUT2D eigenvalue weighted by atomic mass is 9.96. The first-order chi connectivity index (χ1) is 11.6. The number of hydrogen-bond donors (Lipinski definition) is 2. The van der Waals surface area contributed by atoms with Gasteiger partial charge < -0.3 is 20.1 Å². The van der Waals surface area contributed by atoms with Crippen molar-refractivity contribution < 1.29 is 13.9 Å². The molecule has 2 N–H and O–H groups in total. The Kier molecular flexibility index (Phi) is 5.56. The van der Waals surface area contributed by atoms with E-state index in [0.717, 1.165) is 25.3 Å². The highest BCUT2D eigenvalue weighted by Gasteiger charge is 2.41. The summed E-state index contributed by atoms with van der Waals surface area (Å²) in [7, 11) is 0. The van der Waals surface area contributed by atoms with Gasteiger partial charge in [0.1, 0.15) is 17.7 Å². The number of guanidine groups is 1. The molecule has 0 amide bonds. The molecule has 132 valence electrons. The highest BCUT2D eigenvalue weighted by molar-refractivity contribution is 5.80. The number of nitrogens with zero attached hydrogens (tertiary/aromatic N) is 1. The van der Waals surface area contributed by atoms with Crippen LogP contribution in [0.5, 0.6) is 5.75 Å². The topological polar surface area (TPSA) is 54.9 Å². The minimum Gasteiger partial charge on any atom is -0.489 e. The molecule has 4 atom stereocenters. The summed E-state index contributed by atoms with van der Waals surface area (Å²) in [6.45, 7) is 5.33. The van der Waals surface area contributed by atoms with Gasteiger partial charge in [-0.05, 0) is 57.4 Å². The molecule has 2 aliphatic heterocycles. The zero-order valence-corrected chi connectivity index (χ0v) is 14.3. The van der Waals surface area contributed by atoms with Crippen LogP contribution >= 0.6 is 0 Å². The zero-order chi connectivity index (χ0) is 16.9. The molecule has 0 aromatic heterocycles. The summed E-state index contributed by atoms with van der Waals surface area (Å²) < 4.78 is 24.6. The van der Waals surface area contributed by atoms with E-state index in [1.165, 1.54) is 18.6 Å². The van der Waals surface area contributed by atoms with E-state index >= 15 is 0 Å². The van der Waals surface area contributed by atoms with Gasteiger partial charge in [-0.1, -0.05) is 0 Å². The van der Waals surface area contributed by atoms with E-state index in [0.29, 0.717) is 30.5 Å². The standard InChI is InChI=1S/C18H26FN3O2/c1-3-20-18(22-16-10-15-8-9-17(16)24-15)21-11-12(2)23-14-6-4-13(19)5-7-14/h4-7,12,15-17H,3,8-11H2,1-2H3,(H2,20,21,22). The van der Waals surface area contributed by atoms with Gasteiger partial charge in [-0.2, -0.15) is 0 Å². The van der Waals surface area contributed by atoms with Crippen LogP contribution in [0.1, 0.15) is 33.1 Å². The van der Waals surface area contributed by atoms with Gasteiger partial charge in [0.2, 0.25) is 0 Å². The van der Waals surface area contributed by atoms with Crippen molar-refractivity contribution in [2.75, 3.05) is 13.1 Å². The van der Waals surface area contributed by atoms with Crippen molar-refractivity contribution in [1.29, 1.82) is 0 Å².